The van der Waals surface area contributed by atoms with Crippen LogP contribution in [0, 0.1) is 5.92 Å². The number of benzene rings is 2. The Morgan fingerprint density at radius 2 is 1.97 bits per heavy atom. The molecule has 0 aliphatic carbocycles. The van der Waals surface area contributed by atoms with Gasteiger partial charge in [-0.1, -0.05) is 22.0 Å². The Labute approximate surface area is 218 Å². The van der Waals surface area contributed by atoms with E-state index in [2.05, 4.69) is 43.5 Å². The molecule has 1 saturated heterocycles. The van der Waals surface area contributed by atoms with E-state index in [1.54, 1.807) is 24.4 Å². The predicted molar refractivity (Wildman–Crippen MR) is 144 cm³/mol. The third-order valence-electron chi connectivity index (χ3n) is 6.82. The van der Waals surface area contributed by atoms with E-state index in [0.717, 1.165) is 59.6 Å². The van der Waals surface area contributed by atoms with E-state index >= 15 is 0 Å². The maximum absolute atomic E-state index is 12.3. The van der Waals surface area contributed by atoms with Gasteiger partial charge >= 0.3 is 0 Å². The highest BCUT2D eigenvalue weighted by atomic mass is 79.9. The molecule has 186 valence electrons. The van der Waals surface area contributed by atoms with Gasteiger partial charge in [-0.3, -0.25) is 14.5 Å². The normalized spacial score (nSPS) is 19.2. The third kappa shape index (κ3) is 5.44. The van der Waals surface area contributed by atoms with Crippen molar-refractivity contribution in [3.8, 4) is 5.75 Å². The maximum Gasteiger partial charge on any atom is 0.271 e. The lowest BCUT2D eigenvalue weighted by Gasteiger charge is -2.43. The molecule has 2 unspecified atom stereocenters. The molecule has 0 spiro atoms. The van der Waals surface area contributed by atoms with E-state index in [1.165, 1.54) is 0 Å². The topological polar surface area (TPSA) is 75.9 Å². The Kier molecular flexibility index (Phi) is 7.34. The summed E-state index contributed by atoms with van der Waals surface area (Å²) in [6.07, 6.45) is 2.78. The molecule has 2 aliphatic heterocycles. The first kappa shape index (κ1) is 24.5. The van der Waals surface area contributed by atoms with Crippen LogP contribution in [0.4, 0.5) is 0 Å². The number of hydrazone groups is 1. The quantitative estimate of drug-likeness (QED) is 0.351. The number of hydrogen-bond donors (Lipinski definition) is 1. The first-order valence-corrected chi connectivity index (χ1v) is 13.1. The molecule has 5 rings (SSSR count). The number of rotatable bonds is 7. The molecule has 0 radical (unpaired) electrons. The lowest BCUT2D eigenvalue weighted by molar-refractivity contribution is 0.0955. The van der Waals surface area contributed by atoms with Crippen LogP contribution < -0.4 is 15.7 Å². The number of likely N-dealkylation sites (tertiary alicyclic amines) is 1. The number of amides is 1. The van der Waals surface area contributed by atoms with Crippen molar-refractivity contribution in [2.75, 3.05) is 19.7 Å². The Balaban J connectivity index is 1.29. The van der Waals surface area contributed by atoms with Crippen LogP contribution in [0.15, 0.2) is 75.0 Å². The van der Waals surface area contributed by atoms with Crippen LogP contribution in [0.3, 0.4) is 0 Å². The minimum absolute atomic E-state index is 0.105. The fourth-order valence-corrected chi connectivity index (χ4v) is 5.56. The van der Waals surface area contributed by atoms with Crippen molar-refractivity contribution in [1.29, 1.82) is 0 Å². The molecule has 3 aromatic rings. The van der Waals surface area contributed by atoms with Crippen molar-refractivity contribution in [2.24, 2.45) is 11.0 Å². The van der Waals surface area contributed by atoms with Crippen molar-refractivity contribution in [3.05, 3.63) is 97.9 Å². The van der Waals surface area contributed by atoms with Crippen molar-refractivity contribution < 1.29 is 9.53 Å². The minimum Gasteiger partial charge on any atom is -0.494 e. The fourth-order valence-electron chi connectivity index (χ4n) is 5.30. The number of nitrogens with zero attached hydrogens (tertiary/aromatic N) is 3. The van der Waals surface area contributed by atoms with Gasteiger partial charge in [0.25, 0.3) is 11.5 Å². The molecule has 2 aliphatic rings. The van der Waals surface area contributed by atoms with E-state index < -0.39 is 0 Å². The van der Waals surface area contributed by atoms with Crippen LogP contribution >= 0.6 is 15.9 Å². The monoisotopic (exact) mass is 548 g/mol. The Morgan fingerprint density at radius 1 is 1.14 bits per heavy atom. The van der Waals surface area contributed by atoms with Gasteiger partial charge in [0.2, 0.25) is 0 Å². The van der Waals surface area contributed by atoms with E-state index in [0.29, 0.717) is 24.0 Å². The average molecular weight is 549 g/mol. The molecule has 1 amide bonds. The van der Waals surface area contributed by atoms with Crippen LogP contribution in [0.2, 0.25) is 0 Å². The zero-order valence-electron chi connectivity index (χ0n) is 20.2. The van der Waals surface area contributed by atoms with E-state index in [-0.39, 0.29) is 11.5 Å². The number of nitrogens with one attached hydrogen (secondary N) is 1. The molecule has 1 N–H and O–H groups in total. The van der Waals surface area contributed by atoms with Gasteiger partial charge in [0.1, 0.15) is 5.75 Å². The molecule has 7 nitrogen and oxygen atoms in total. The molecule has 3 heterocycles. The van der Waals surface area contributed by atoms with Crippen LogP contribution in [0.25, 0.3) is 0 Å². The molecular weight excluding hydrogens is 520 g/mol. The second kappa shape index (κ2) is 10.8. The number of halogens is 1. The Morgan fingerprint density at radius 3 is 2.78 bits per heavy atom. The standard InChI is InChI=1S/C28H29BrN4O3/c1-2-36-26-11-6-19(14-30-31-28(35)21-7-9-24(29)10-8-21)12-23(26)18-32-15-20-13-22(17-32)25-4-3-5-27(34)33(25)16-20/h3-12,14,20,22H,2,13,15-18H2,1H3,(H,31,35). The van der Waals surface area contributed by atoms with Crippen molar-refractivity contribution in [1.82, 2.24) is 14.9 Å². The summed E-state index contributed by atoms with van der Waals surface area (Å²) in [4.78, 5) is 27.1. The summed E-state index contributed by atoms with van der Waals surface area (Å²) in [5, 5.41) is 4.16. The number of pyridine rings is 1. The fraction of sp³-hybridized carbons (Fsp3) is 0.321. The summed E-state index contributed by atoms with van der Waals surface area (Å²) in [5.74, 6) is 1.43. The number of hydrogen-bond acceptors (Lipinski definition) is 5. The van der Waals surface area contributed by atoms with Gasteiger partial charge in [0.05, 0.1) is 12.8 Å². The first-order valence-electron chi connectivity index (χ1n) is 12.3. The van der Waals surface area contributed by atoms with E-state index in [9.17, 15) is 9.59 Å². The van der Waals surface area contributed by atoms with Crippen molar-refractivity contribution in [2.45, 2.75) is 32.4 Å². The molecule has 0 saturated carbocycles. The maximum atomic E-state index is 12.3. The molecule has 2 aromatic carbocycles. The molecule has 2 atom stereocenters. The van der Waals surface area contributed by atoms with Gasteiger partial charge in [-0.25, -0.2) is 5.43 Å². The number of piperidine rings is 1. The smallest absolute Gasteiger partial charge is 0.271 e. The zero-order chi connectivity index (χ0) is 25.1. The van der Waals surface area contributed by atoms with E-state index in [1.807, 2.05) is 41.8 Å². The highest BCUT2D eigenvalue weighted by Gasteiger charge is 2.34. The summed E-state index contributed by atoms with van der Waals surface area (Å²) in [6, 6.07) is 18.7. The van der Waals surface area contributed by atoms with Crippen molar-refractivity contribution in [3.63, 3.8) is 0 Å². The van der Waals surface area contributed by atoms with Gasteiger partial charge < -0.3 is 9.30 Å². The lowest BCUT2D eigenvalue weighted by atomic mass is 9.83. The summed E-state index contributed by atoms with van der Waals surface area (Å²) in [5.41, 5.74) is 6.37. The lowest BCUT2D eigenvalue weighted by Crippen LogP contribution is -2.46. The second-order valence-corrected chi connectivity index (χ2v) is 10.3. The number of aromatic nitrogens is 1. The average Bonchev–Trinajstić information content (AvgIpc) is 2.87. The van der Waals surface area contributed by atoms with Crippen LogP contribution in [0.1, 0.15) is 46.4 Å². The van der Waals surface area contributed by atoms with Gasteiger partial charge in [-0.2, -0.15) is 5.10 Å². The summed E-state index contributed by atoms with van der Waals surface area (Å²) >= 11 is 3.37. The van der Waals surface area contributed by atoms with Crippen LogP contribution in [-0.2, 0) is 13.1 Å². The molecule has 1 aromatic heterocycles. The van der Waals surface area contributed by atoms with Crippen LogP contribution in [-0.4, -0.2) is 41.3 Å². The first-order chi connectivity index (χ1) is 17.5. The number of fused-ring (bicyclic) bond motifs is 4. The molecular formula is C28H29BrN4O3. The highest BCUT2D eigenvalue weighted by Crippen LogP contribution is 2.36. The highest BCUT2D eigenvalue weighted by molar-refractivity contribution is 9.10. The number of carbonyl (C=O) groups excluding carboxylic acids is 1. The van der Waals surface area contributed by atoms with Crippen LogP contribution in [0.5, 0.6) is 5.75 Å². The van der Waals surface area contributed by atoms with Gasteiger partial charge in [-0.05, 0) is 73.4 Å². The summed E-state index contributed by atoms with van der Waals surface area (Å²) in [6.45, 7) is 5.97. The Bertz CT molecular complexity index is 1340. The zero-order valence-corrected chi connectivity index (χ0v) is 21.8. The summed E-state index contributed by atoms with van der Waals surface area (Å²) in [7, 11) is 0. The predicted octanol–water partition coefficient (Wildman–Crippen LogP) is 4.39. The van der Waals surface area contributed by atoms with Gasteiger partial charge in [0.15, 0.2) is 0 Å². The van der Waals surface area contributed by atoms with E-state index in [4.69, 9.17) is 4.74 Å². The summed E-state index contributed by atoms with van der Waals surface area (Å²) < 4.78 is 8.80. The minimum atomic E-state index is -0.260. The molecule has 1 fully saturated rings. The third-order valence-corrected chi connectivity index (χ3v) is 7.35. The number of ether oxygens (including phenoxy) is 1. The second-order valence-electron chi connectivity index (χ2n) is 9.40. The number of carbonyl (C=O) groups is 1. The van der Waals surface area contributed by atoms with Gasteiger partial charge in [-0.15, -0.1) is 0 Å². The van der Waals surface area contributed by atoms with Crippen molar-refractivity contribution >= 4 is 28.1 Å². The van der Waals surface area contributed by atoms with Gasteiger partial charge in [0, 0.05) is 59.5 Å². The molecule has 36 heavy (non-hydrogen) atoms. The molecule has 2 bridgehead atoms. The SMILES string of the molecule is CCOc1ccc(C=NNC(=O)c2ccc(Br)cc2)cc1CN1CC2CC(C1)c1cccc(=O)n1C2. The Hall–Kier alpha value is -3.23. The molecule has 8 heteroatoms. The largest absolute Gasteiger partial charge is 0.494 e.